The van der Waals surface area contributed by atoms with Gasteiger partial charge < -0.3 is 10.5 Å². The molecule has 0 amide bonds. The van der Waals surface area contributed by atoms with E-state index < -0.39 is 0 Å². The van der Waals surface area contributed by atoms with Crippen LogP contribution >= 0.6 is 11.8 Å². The Kier molecular flexibility index (Phi) is 3.66. The maximum Gasteiger partial charge on any atom is 0.132 e. The Morgan fingerprint density at radius 3 is 2.75 bits per heavy atom. The van der Waals surface area contributed by atoms with Crippen molar-refractivity contribution < 1.29 is 4.74 Å². The predicted molar refractivity (Wildman–Crippen MR) is 65.6 cm³/mol. The molecule has 0 unspecified atom stereocenters. The topological polar surface area (TPSA) is 61.0 Å². The zero-order valence-corrected chi connectivity index (χ0v) is 10.5. The fourth-order valence-electron chi connectivity index (χ4n) is 1.45. The molecule has 0 aliphatic carbocycles. The van der Waals surface area contributed by atoms with Crippen LogP contribution < -0.4 is 5.73 Å². The molecule has 1 aliphatic rings. The molecule has 0 bridgehead atoms. The highest BCUT2D eigenvalue weighted by atomic mass is 32.2. The van der Waals surface area contributed by atoms with Crippen LogP contribution in [0.2, 0.25) is 0 Å². The van der Waals surface area contributed by atoms with Crippen molar-refractivity contribution in [2.45, 2.75) is 37.0 Å². The molecule has 0 saturated carbocycles. The number of ether oxygens (including phenoxy) is 1. The van der Waals surface area contributed by atoms with Gasteiger partial charge in [0, 0.05) is 12.0 Å². The van der Waals surface area contributed by atoms with Crippen LogP contribution in [-0.2, 0) is 11.2 Å². The molecule has 16 heavy (non-hydrogen) atoms. The van der Waals surface area contributed by atoms with E-state index >= 15 is 0 Å². The van der Waals surface area contributed by atoms with E-state index in [0.29, 0.717) is 11.1 Å². The number of rotatable bonds is 4. The molecule has 2 heterocycles. The third kappa shape index (κ3) is 2.47. The van der Waals surface area contributed by atoms with Crippen molar-refractivity contribution in [3.63, 3.8) is 0 Å². The van der Waals surface area contributed by atoms with E-state index in [2.05, 4.69) is 16.9 Å². The van der Waals surface area contributed by atoms with Gasteiger partial charge in [-0.15, -0.1) is 0 Å². The average molecular weight is 239 g/mol. The molecular formula is C11H17N3OS. The summed E-state index contributed by atoms with van der Waals surface area (Å²) in [5.74, 6) is 1.47. The number of anilines is 1. The van der Waals surface area contributed by atoms with Crippen LogP contribution in [0.3, 0.4) is 0 Å². The summed E-state index contributed by atoms with van der Waals surface area (Å²) in [6.07, 6.45) is 1.93. The first-order valence-corrected chi connectivity index (χ1v) is 6.46. The van der Waals surface area contributed by atoms with Crippen molar-refractivity contribution >= 4 is 17.6 Å². The fraction of sp³-hybridized carbons (Fsp3) is 0.636. The minimum absolute atomic E-state index is 0.530. The summed E-state index contributed by atoms with van der Waals surface area (Å²) >= 11 is 1.76. The first kappa shape index (κ1) is 11.7. The van der Waals surface area contributed by atoms with Gasteiger partial charge >= 0.3 is 0 Å². The zero-order valence-electron chi connectivity index (χ0n) is 9.69. The van der Waals surface area contributed by atoms with Crippen molar-refractivity contribution in [3.8, 4) is 0 Å². The Labute approximate surface area is 100.0 Å². The first-order valence-electron chi connectivity index (χ1n) is 5.58. The van der Waals surface area contributed by atoms with Gasteiger partial charge in [0.15, 0.2) is 0 Å². The summed E-state index contributed by atoms with van der Waals surface area (Å²) in [6, 6.07) is 0. The van der Waals surface area contributed by atoms with Crippen molar-refractivity contribution in [1.82, 2.24) is 9.97 Å². The maximum atomic E-state index is 5.89. The fourth-order valence-corrected chi connectivity index (χ4v) is 2.53. The normalized spacial score (nSPS) is 16.1. The van der Waals surface area contributed by atoms with Crippen molar-refractivity contribution in [3.05, 3.63) is 11.4 Å². The molecule has 0 aromatic carbocycles. The van der Waals surface area contributed by atoms with Gasteiger partial charge in [-0.25, -0.2) is 9.97 Å². The lowest BCUT2D eigenvalue weighted by atomic mass is 10.3. The van der Waals surface area contributed by atoms with Crippen molar-refractivity contribution in [2.75, 3.05) is 18.9 Å². The Balaban J connectivity index is 2.19. The number of aromatic nitrogens is 2. The van der Waals surface area contributed by atoms with Gasteiger partial charge in [0.25, 0.3) is 0 Å². The standard InChI is InChI=1S/C11H17N3OS/c1-3-4-9-13-10(12)7(2)11(14-9)16-8-5-15-6-8/h8H,3-6H2,1-2H3,(H2,12,13,14). The molecular weight excluding hydrogens is 222 g/mol. The summed E-state index contributed by atoms with van der Waals surface area (Å²) in [4.78, 5) is 8.86. The van der Waals surface area contributed by atoms with Crippen LogP contribution in [0.4, 0.5) is 5.82 Å². The van der Waals surface area contributed by atoms with E-state index in [9.17, 15) is 0 Å². The van der Waals surface area contributed by atoms with Gasteiger partial charge in [0.1, 0.15) is 16.7 Å². The third-order valence-corrected chi connectivity index (χ3v) is 3.77. The number of nitrogen functional groups attached to an aromatic ring is 1. The molecule has 1 fully saturated rings. The Bertz CT molecular complexity index is 380. The van der Waals surface area contributed by atoms with Crippen LogP contribution in [0.25, 0.3) is 0 Å². The Morgan fingerprint density at radius 1 is 1.44 bits per heavy atom. The molecule has 2 N–H and O–H groups in total. The van der Waals surface area contributed by atoms with E-state index in [1.54, 1.807) is 11.8 Å². The molecule has 0 atom stereocenters. The first-order chi connectivity index (χ1) is 7.70. The summed E-state index contributed by atoms with van der Waals surface area (Å²) < 4.78 is 5.16. The van der Waals surface area contributed by atoms with Gasteiger partial charge in [-0.3, -0.25) is 0 Å². The van der Waals surface area contributed by atoms with Crippen LogP contribution in [0.5, 0.6) is 0 Å². The largest absolute Gasteiger partial charge is 0.383 e. The zero-order chi connectivity index (χ0) is 11.5. The van der Waals surface area contributed by atoms with Crippen molar-refractivity contribution in [2.24, 2.45) is 0 Å². The Hall–Kier alpha value is -0.810. The molecule has 1 aliphatic heterocycles. The summed E-state index contributed by atoms with van der Waals surface area (Å²) in [5, 5.41) is 1.55. The maximum absolute atomic E-state index is 5.89. The summed E-state index contributed by atoms with van der Waals surface area (Å²) in [5.41, 5.74) is 6.89. The minimum atomic E-state index is 0.530. The lowest BCUT2D eigenvalue weighted by Gasteiger charge is -2.25. The third-order valence-electron chi connectivity index (χ3n) is 2.54. The number of nitrogens with zero attached hydrogens (tertiary/aromatic N) is 2. The smallest absolute Gasteiger partial charge is 0.132 e. The van der Waals surface area contributed by atoms with Gasteiger partial charge in [0.2, 0.25) is 0 Å². The van der Waals surface area contributed by atoms with Gasteiger partial charge in [-0.1, -0.05) is 18.7 Å². The molecule has 2 rings (SSSR count). The SMILES string of the molecule is CCCc1nc(N)c(C)c(SC2COC2)n1. The lowest BCUT2D eigenvalue weighted by Crippen LogP contribution is -2.30. The predicted octanol–water partition coefficient (Wildman–Crippen LogP) is 1.81. The second-order valence-electron chi connectivity index (χ2n) is 3.98. The monoisotopic (exact) mass is 239 g/mol. The summed E-state index contributed by atoms with van der Waals surface area (Å²) in [6.45, 7) is 5.73. The number of nitrogens with two attached hydrogens (primary N) is 1. The van der Waals surface area contributed by atoms with Gasteiger partial charge in [0.05, 0.1) is 18.5 Å². The van der Waals surface area contributed by atoms with E-state index in [0.717, 1.165) is 42.5 Å². The second-order valence-corrected chi connectivity index (χ2v) is 5.27. The quantitative estimate of drug-likeness (QED) is 0.812. The molecule has 1 aromatic rings. The van der Waals surface area contributed by atoms with E-state index in [1.165, 1.54) is 0 Å². The highest BCUT2D eigenvalue weighted by Gasteiger charge is 2.22. The molecule has 88 valence electrons. The van der Waals surface area contributed by atoms with Crippen LogP contribution in [0, 0.1) is 6.92 Å². The second kappa shape index (κ2) is 5.01. The van der Waals surface area contributed by atoms with Crippen LogP contribution in [0.1, 0.15) is 24.7 Å². The molecule has 0 spiro atoms. The summed E-state index contributed by atoms with van der Waals surface area (Å²) in [7, 11) is 0. The number of hydrogen-bond acceptors (Lipinski definition) is 5. The number of hydrogen-bond donors (Lipinski definition) is 1. The van der Waals surface area contributed by atoms with Crippen LogP contribution in [0.15, 0.2) is 5.03 Å². The van der Waals surface area contributed by atoms with Gasteiger partial charge in [-0.05, 0) is 13.3 Å². The lowest BCUT2D eigenvalue weighted by molar-refractivity contribution is 0.0454. The molecule has 1 saturated heterocycles. The molecule has 1 aromatic heterocycles. The van der Waals surface area contributed by atoms with Gasteiger partial charge in [-0.2, -0.15) is 0 Å². The highest BCUT2D eigenvalue weighted by molar-refractivity contribution is 8.00. The van der Waals surface area contributed by atoms with E-state index in [4.69, 9.17) is 10.5 Å². The number of thioether (sulfide) groups is 1. The van der Waals surface area contributed by atoms with Crippen molar-refractivity contribution in [1.29, 1.82) is 0 Å². The van der Waals surface area contributed by atoms with E-state index in [1.807, 2.05) is 6.92 Å². The minimum Gasteiger partial charge on any atom is -0.383 e. The Morgan fingerprint density at radius 2 is 2.19 bits per heavy atom. The highest BCUT2D eigenvalue weighted by Crippen LogP contribution is 2.30. The molecule has 4 nitrogen and oxygen atoms in total. The van der Waals surface area contributed by atoms with E-state index in [-0.39, 0.29) is 0 Å². The van der Waals surface area contributed by atoms with Crippen LogP contribution in [-0.4, -0.2) is 28.4 Å². The number of aryl methyl sites for hydroxylation is 1. The molecule has 5 heteroatoms. The molecule has 0 radical (unpaired) electrons. The average Bonchev–Trinajstić information content (AvgIpc) is 2.19.